The van der Waals surface area contributed by atoms with E-state index < -0.39 is 0 Å². The molecule has 11 rings (SSSR count). The van der Waals surface area contributed by atoms with E-state index in [1.165, 1.54) is 69.9 Å². The van der Waals surface area contributed by atoms with Gasteiger partial charge >= 0.3 is 0 Å². The van der Waals surface area contributed by atoms with Crippen LogP contribution in [0.15, 0.2) is 140 Å². The first-order valence-electron chi connectivity index (χ1n) is 17.1. The van der Waals surface area contributed by atoms with Crippen molar-refractivity contribution in [3.63, 3.8) is 0 Å². The van der Waals surface area contributed by atoms with Gasteiger partial charge in [-0.3, -0.25) is 0 Å². The van der Waals surface area contributed by atoms with Crippen molar-refractivity contribution in [3.8, 4) is 28.6 Å². The van der Waals surface area contributed by atoms with E-state index in [0.29, 0.717) is 5.56 Å². The van der Waals surface area contributed by atoms with Gasteiger partial charge in [-0.1, -0.05) is 80.6 Å². The number of rotatable bonds is 2. The second-order valence-electron chi connectivity index (χ2n) is 14.1. The first-order chi connectivity index (χ1) is 24.5. The van der Waals surface area contributed by atoms with Gasteiger partial charge in [-0.2, -0.15) is 5.26 Å². The maximum Gasteiger partial charge on any atom is 0.0991 e. The van der Waals surface area contributed by atoms with Crippen molar-refractivity contribution in [2.24, 2.45) is 0 Å². The zero-order chi connectivity index (χ0) is 33.3. The Labute approximate surface area is 292 Å². The highest BCUT2D eigenvalue weighted by molar-refractivity contribution is 7.25. The number of benzene rings is 7. The molecule has 3 heterocycles. The molecule has 3 nitrogen and oxygen atoms in total. The lowest BCUT2D eigenvalue weighted by Gasteiger charge is -2.21. The second kappa shape index (κ2) is 9.72. The minimum Gasteiger partial charge on any atom is -0.309 e. The third-order valence-corrected chi connectivity index (χ3v) is 12.3. The maximum atomic E-state index is 9.64. The van der Waals surface area contributed by atoms with Crippen LogP contribution in [0.2, 0.25) is 0 Å². The number of thiophene rings is 1. The molecular weight excluding hydrogens is 627 g/mol. The highest BCUT2D eigenvalue weighted by atomic mass is 32.1. The number of hydrogen-bond donors (Lipinski definition) is 0. The minimum absolute atomic E-state index is 0.0517. The quantitative estimate of drug-likeness (QED) is 0.182. The van der Waals surface area contributed by atoms with E-state index in [4.69, 9.17) is 0 Å². The van der Waals surface area contributed by atoms with Crippen LogP contribution in [0.25, 0.3) is 86.3 Å². The smallest absolute Gasteiger partial charge is 0.0991 e. The molecule has 0 amide bonds. The Bertz CT molecular complexity index is 3140. The highest BCUT2D eigenvalue weighted by Gasteiger charge is 2.37. The van der Waals surface area contributed by atoms with Crippen LogP contribution in [0.4, 0.5) is 0 Å². The molecule has 0 aliphatic heterocycles. The van der Waals surface area contributed by atoms with Crippen LogP contribution in [0, 0.1) is 11.3 Å². The lowest BCUT2D eigenvalue weighted by Crippen LogP contribution is -2.14. The van der Waals surface area contributed by atoms with Crippen molar-refractivity contribution in [3.05, 3.63) is 156 Å². The van der Waals surface area contributed by atoms with E-state index >= 15 is 0 Å². The molecule has 10 aromatic rings. The van der Waals surface area contributed by atoms with E-state index in [9.17, 15) is 5.26 Å². The average Bonchev–Trinajstić information content (AvgIpc) is 3.86. The summed E-state index contributed by atoms with van der Waals surface area (Å²) in [5.74, 6) is 0. The molecule has 0 saturated carbocycles. The number of nitrogens with zero attached hydrogens (tertiary/aromatic N) is 3. The molecule has 0 atom stereocenters. The molecule has 50 heavy (non-hydrogen) atoms. The van der Waals surface area contributed by atoms with Crippen LogP contribution >= 0.6 is 11.3 Å². The van der Waals surface area contributed by atoms with E-state index in [1.54, 1.807) is 0 Å². The van der Waals surface area contributed by atoms with Crippen LogP contribution in [-0.2, 0) is 5.41 Å². The number of aromatic nitrogens is 2. The fourth-order valence-electron chi connectivity index (χ4n) is 8.88. The minimum atomic E-state index is -0.0517. The summed E-state index contributed by atoms with van der Waals surface area (Å²) >= 11 is 1.85. The fraction of sp³-hybridized carbons (Fsp3) is 0.0652. The molecule has 0 fully saturated rings. The average molecular weight is 656 g/mol. The van der Waals surface area contributed by atoms with Crippen LogP contribution in [0.3, 0.4) is 0 Å². The molecule has 1 aliphatic rings. The molecule has 0 radical (unpaired) electrons. The van der Waals surface area contributed by atoms with Gasteiger partial charge in [0.25, 0.3) is 0 Å². The second-order valence-corrected chi connectivity index (χ2v) is 15.1. The number of fused-ring (bicyclic) bond motifs is 13. The van der Waals surface area contributed by atoms with Gasteiger partial charge in [-0.05, 0) is 95.1 Å². The van der Waals surface area contributed by atoms with E-state index in [-0.39, 0.29) is 5.41 Å². The molecule has 0 bridgehead atoms. The van der Waals surface area contributed by atoms with Crippen molar-refractivity contribution in [2.45, 2.75) is 19.3 Å². The molecule has 0 N–H and O–H groups in total. The summed E-state index contributed by atoms with van der Waals surface area (Å²) in [6.07, 6.45) is 0. The summed E-state index contributed by atoms with van der Waals surface area (Å²) < 4.78 is 7.35. The molecule has 1 aliphatic carbocycles. The van der Waals surface area contributed by atoms with Crippen LogP contribution in [0.1, 0.15) is 30.5 Å². The van der Waals surface area contributed by atoms with Crippen LogP contribution in [0.5, 0.6) is 0 Å². The SMILES string of the molecule is CC1(C)c2ccccc2-c2c1ccc1c2c2ccccc2n1-c1ccc2sc3ccc(-n4c5ccccc5c5cc(C#N)ccc54)cc3c2c1. The maximum absolute atomic E-state index is 9.64. The summed E-state index contributed by atoms with van der Waals surface area (Å²) in [7, 11) is 0. The standard InChI is InChI=1S/C46H29N3S/c1-46(2)36-12-6-3-10-31(36)44-37(46)18-20-41-45(44)32-11-5-8-14-39(32)49(41)29-17-22-43-35(25-29)34-24-28(16-21-42(34)50-43)48-38-13-7-4-9-30(38)33-23-27(26-47)15-19-40(33)48/h3-25H,1-2H3. The van der Waals surface area contributed by atoms with Gasteiger partial charge in [-0.25, -0.2) is 0 Å². The molecular formula is C46H29N3S. The summed E-state index contributed by atoms with van der Waals surface area (Å²) in [6.45, 7) is 4.71. The zero-order valence-electron chi connectivity index (χ0n) is 27.5. The van der Waals surface area contributed by atoms with Gasteiger partial charge in [0.2, 0.25) is 0 Å². The van der Waals surface area contributed by atoms with Crippen molar-refractivity contribution in [1.82, 2.24) is 9.13 Å². The first kappa shape index (κ1) is 27.8. The normalized spacial score (nSPS) is 13.5. The van der Waals surface area contributed by atoms with Gasteiger partial charge in [-0.15, -0.1) is 11.3 Å². The Hall–Kier alpha value is -6.15. The Balaban J connectivity index is 1.16. The zero-order valence-corrected chi connectivity index (χ0v) is 28.3. The lowest BCUT2D eigenvalue weighted by atomic mass is 9.82. The van der Waals surface area contributed by atoms with E-state index in [2.05, 4.69) is 156 Å². The summed E-state index contributed by atoms with van der Waals surface area (Å²) in [5, 5.41) is 17.0. The summed E-state index contributed by atoms with van der Waals surface area (Å²) in [6, 6.07) is 53.2. The van der Waals surface area contributed by atoms with Gasteiger partial charge in [0, 0.05) is 58.5 Å². The Morgan fingerprint density at radius 2 is 1.12 bits per heavy atom. The number of hydrogen-bond acceptors (Lipinski definition) is 2. The molecule has 0 saturated heterocycles. The molecule has 3 aromatic heterocycles. The topological polar surface area (TPSA) is 33.6 Å². The number of para-hydroxylation sites is 2. The molecule has 4 heteroatoms. The van der Waals surface area contributed by atoms with Crippen molar-refractivity contribution in [1.29, 1.82) is 5.26 Å². The Kier molecular flexibility index (Phi) is 5.40. The predicted octanol–water partition coefficient (Wildman–Crippen LogP) is 12.4. The van der Waals surface area contributed by atoms with Gasteiger partial charge in [0.15, 0.2) is 0 Å². The van der Waals surface area contributed by atoms with Crippen LogP contribution < -0.4 is 0 Å². The summed E-state index contributed by atoms with van der Waals surface area (Å²) in [4.78, 5) is 0. The molecule has 0 spiro atoms. The largest absolute Gasteiger partial charge is 0.309 e. The molecule has 0 unspecified atom stereocenters. The Morgan fingerprint density at radius 1 is 0.520 bits per heavy atom. The third-order valence-electron chi connectivity index (χ3n) is 11.1. The molecule has 234 valence electrons. The van der Waals surface area contributed by atoms with Crippen molar-refractivity contribution >= 4 is 75.1 Å². The fourth-order valence-corrected chi connectivity index (χ4v) is 9.95. The van der Waals surface area contributed by atoms with Gasteiger partial charge in [0.1, 0.15) is 0 Å². The Morgan fingerprint density at radius 3 is 1.86 bits per heavy atom. The van der Waals surface area contributed by atoms with Gasteiger partial charge in [0.05, 0.1) is 33.7 Å². The first-order valence-corrected chi connectivity index (χ1v) is 17.9. The van der Waals surface area contributed by atoms with Gasteiger partial charge < -0.3 is 9.13 Å². The predicted molar refractivity (Wildman–Crippen MR) is 210 cm³/mol. The lowest BCUT2D eigenvalue weighted by molar-refractivity contribution is 0.661. The molecule has 7 aromatic carbocycles. The highest BCUT2D eigenvalue weighted by Crippen LogP contribution is 2.53. The monoisotopic (exact) mass is 655 g/mol. The van der Waals surface area contributed by atoms with Crippen molar-refractivity contribution < 1.29 is 0 Å². The van der Waals surface area contributed by atoms with Crippen LogP contribution in [-0.4, -0.2) is 9.13 Å². The number of nitriles is 1. The van der Waals surface area contributed by atoms with E-state index in [1.807, 2.05) is 23.5 Å². The third kappa shape index (κ3) is 3.52. The summed E-state index contributed by atoms with van der Waals surface area (Å²) in [5.41, 5.74) is 13.1. The van der Waals surface area contributed by atoms with E-state index in [0.717, 1.165) is 27.5 Å². The van der Waals surface area contributed by atoms with Crippen molar-refractivity contribution in [2.75, 3.05) is 0 Å².